The topological polar surface area (TPSA) is 78.4 Å². The van der Waals surface area contributed by atoms with Crippen molar-refractivity contribution in [1.82, 2.24) is 10.6 Å². The number of carbonyl (C=O) groups excluding carboxylic acids is 1. The smallest absolute Gasteiger partial charge is 0.401 e. The van der Waals surface area contributed by atoms with Crippen LogP contribution in [0.2, 0.25) is 0 Å². The van der Waals surface area contributed by atoms with E-state index in [-0.39, 0.29) is 12.8 Å². The van der Waals surface area contributed by atoms with Gasteiger partial charge in [0.05, 0.1) is 13.1 Å². The second-order valence-electron chi connectivity index (χ2n) is 3.86. The van der Waals surface area contributed by atoms with Crippen LogP contribution in [-0.2, 0) is 9.59 Å². The minimum Gasteiger partial charge on any atom is -0.480 e. The molecule has 5 nitrogen and oxygen atoms in total. The third kappa shape index (κ3) is 5.35. The maximum absolute atomic E-state index is 11.8. The second-order valence-corrected chi connectivity index (χ2v) is 3.86. The van der Waals surface area contributed by atoms with E-state index in [0.29, 0.717) is 0 Å². The number of rotatable bonds is 7. The van der Waals surface area contributed by atoms with E-state index >= 15 is 0 Å². The van der Waals surface area contributed by atoms with E-state index in [0.717, 1.165) is 0 Å². The number of nitrogens with one attached hydrogen (secondary N) is 2. The number of carboxylic acid groups (broad SMARTS) is 1. The lowest BCUT2D eigenvalue weighted by Crippen LogP contribution is -2.55. The second kappa shape index (κ2) is 6.58. The number of carboxylic acids is 1. The van der Waals surface area contributed by atoms with Gasteiger partial charge in [0.25, 0.3) is 0 Å². The van der Waals surface area contributed by atoms with E-state index < -0.39 is 36.7 Å². The Morgan fingerprint density at radius 3 is 2.00 bits per heavy atom. The van der Waals surface area contributed by atoms with Crippen LogP contribution in [0, 0.1) is 0 Å². The van der Waals surface area contributed by atoms with Crippen molar-refractivity contribution in [1.29, 1.82) is 0 Å². The van der Waals surface area contributed by atoms with E-state index in [1.54, 1.807) is 13.8 Å². The summed E-state index contributed by atoms with van der Waals surface area (Å²) in [6, 6.07) is 0. The van der Waals surface area contributed by atoms with Crippen molar-refractivity contribution in [3.8, 4) is 0 Å². The average Bonchev–Trinajstić information content (AvgIpc) is 2.23. The highest BCUT2D eigenvalue weighted by Gasteiger charge is 2.36. The molecule has 0 heterocycles. The first-order valence-corrected chi connectivity index (χ1v) is 5.48. The number of alkyl halides is 3. The van der Waals surface area contributed by atoms with Crippen LogP contribution in [0.15, 0.2) is 0 Å². The van der Waals surface area contributed by atoms with Gasteiger partial charge >= 0.3 is 12.1 Å². The Bertz CT molecular complexity index is 301. The predicted octanol–water partition coefficient (Wildman–Crippen LogP) is 0.898. The summed E-state index contributed by atoms with van der Waals surface area (Å²) in [5, 5.41) is 13.2. The predicted molar refractivity (Wildman–Crippen MR) is 58.0 cm³/mol. The number of hydrogen-bond donors (Lipinski definition) is 3. The van der Waals surface area contributed by atoms with E-state index in [1.807, 2.05) is 5.32 Å². The quantitative estimate of drug-likeness (QED) is 0.642. The largest absolute Gasteiger partial charge is 0.480 e. The van der Waals surface area contributed by atoms with Crippen LogP contribution in [0.4, 0.5) is 13.2 Å². The number of hydrogen-bond acceptors (Lipinski definition) is 3. The Balaban J connectivity index is 4.33. The third-order valence-corrected chi connectivity index (χ3v) is 2.61. The first-order valence-electron chi connectivity index (χ1n) is 5.48. The standard InChI is InChI=1S/C10H17F3N2O3/c1-3-9(4-2,8(17)18)15-7(16)5-14-6-10(11,12)13/h14H,3-6H2,1-2H3,(H,15,16)(H,17,18). The molecule has 0 rings (SSSR count). The Labute approximate surface area is 103 Å². The number of amides is 1. The molecule has 3 N–H and O–H groups in total. The molecule has 0 saturated carbocycles. The highest BCUT2D eigenvalue weighted by Crippen LogP contribution is 2.15. The van der Waals surface area contributed by atoms with E-state index in [1.165, 1.54) is 0 Å². The summed E-state index contributed by atoms with van der Waals surface area (Å²) in [4.78, 5) is 22.4. The molecule has 8 heteroatoms. The third-order valence-electron chi connectivity index (χ3n) is 2.61. The first-order chi connectivity index (χ1) is 8.17. The van der Waals surface area contributed by atoms with E-state index in [9.17, 15) is 22.8 Å². The molecule has 0 aromatic rings. The van der Waals surface area contributed by atoms with Gasteiger partial charge in [-0.15, -0.1) is 0 Å². The van der Waals surface area contributed by atoms with Crippen molar-refractivity contribution in [3.63, 3.8) is 0 Å². The van der Waals surface area contributed by atoms with Crippen LogP contribution in [0.25, 0.3) is 0 Å². The van der Waals surface area contributed by atoms with Gasteiger partial charge in [0.1, 0.15) is 5.54 Å². The highest BCUT2D eigenvalue weighted by atomic mass is 19.4. The van der Waals surface area contributed by atoms with Crippen LogP contribution >= 0.6 is 0 Å². The lowest BCUT2D eigenvalue weighted by Gasteiger charge is -2.28. The number of halogens is 3. The van der Waals surface area contributed by atoms with Gasteiger partial charge in [0.15, 0.2) is 0 Å². The number of aliphatic carboxylic acids is 1. The van der Waals surface area contributed by atoms with Gasteiger partial charge in [0, 0.05) is 0 Å². The van der Waals surface area contributed by atoms with Crippen molar-refractivity contribution < 1.29 is 27.9 Å². The number of carbonyl (C=O) groups is 2. The van der Waals surface area contributed by atoms with Gasteiger partial charge in [-0.05, 0) is 12.8 Å². The molecule has 0 bridgehead atoms. The molecule has 106 valence electrons. The van der Waals surface area contributed by atoms with Crippen molar-refractivity contribution >= 4 is 11.9 Å². The maximum atomic E-state index is 11.8. The van der Waals surface area contributed by atoms with Gasteiger partial charge in [-0.2, -0.15) is 13.2 Å². The summed E-state index contributed by atoms with van der Waals surface area (Å²) < 4.78 is 35.4. The Morgan fingerprint density at radius 2 is 1.67 bits per heavy atom. The molecule has 0 saturated heterocycles. The van der Waals surface area contributed by atoms with Gasteiger partial charge in [-0.1, -0.05) is 13.8 Å². The monoisotopic (exact) mass is 270 g/mol. The molecule has 0 aromatic carbocycles. The zero-order chi connectivity index (χ0) is 14.4. The van der Waals surface area contributed by atoms with Gasteiger partial charge in [-0.25, -0.2) is 4.79 Å². The fraction of sp³-hybridized carbons (Fsp3) is 0.800. The molecule has 0 aliphatic heterocycles. The average molecular weight is 270 g/mol. The van der Waals surface area contributed by atoms with Crippen LogP contribution in [-0.4, -0.2) is 41.8 Å². The Hall–Kier alpha value is -1.31. The molecular weight excluding hydrogens is 253 g/mol. The van der Waals surface area contributed by atoms with E-state index in [2.05, 4.69) is 5.32 Å². The lowest BCUT2D eigenvalue weighted by atomic mass is 9.93. The van der Waals surface area contributed by atoms with Crippen molar-refractivity contribution in [3.05, 3.63) is 0 Å². The van der Waals surface area contributed by atoms with Gasteiger partial charge < -0.3 is 15.7 Å². The van der Waals surface area contributed by atoms with E-state index in [4.69, 9.17) is 5.11 Å². The zero-order valence-electron chi connectivity index (χ0n) is 10.2. The van der Waals surface area contributed by atoms with Crippen LogP contribution in [0.1, 0.15) is 26.7 Å². The molecule has 0 unspecified atom stereocenters. The Kier molecular flexibility index (Phi) is 6.10. The molecule has 0 radical (unpaired) electrons. The highest BCUT2D eigenvalue weighted by molar-refractivity contribution is 5.87. The molecular formula is C10H17F3N2O3. The van der Waals surface area contributed by atoms with Gasteiger partial charge in [-0.3, -0.25) is 4.79 Å². The summed E-state index contributed by atoms with van der Waals surface area (Å²) in [6.07, 6.45) is -4.09. The summed E-state index contributed by atoms with van der Waals surface area (Å²) in [7, 11) is 0. The molecule has 0 fully saturated rings. The van der Waals surface area contributed by atoms with Crippen molar-refractivity contribution in [2.24, 2.45) is 0 Å². The SMILES string of the molecule is CCC(CC)(NC(=O)CNCC(F)(F)F)C(=O)O. The normalized spacial score (nSPS) is 12.3. The molecule has 0 aliphatic rings. The fourth-order valence-corrected chi connectivity index (χ4v) is 1.41. The summed E-state index contributed by atoms with van der Waals surface area (Å²) in [6.45, 7) is 1.30. The van der Waals surface area contributed by atoms with Gasteiger partial charge in [0.2, 0.25) is 5.91 Å². The minimum atomic E-state index is -4.40. The lowest BCUT2D eigenvalue weighted by molar-refractivity contribution is -0.148. The molecule has 0 aromatic heterocycles. The summed E-state index contributed by atoms with van der Waals surface area (Å²) in [5.74, 6) is -1.97. The molecule has 1 amide bonds. The maximum Gasteiger partial charge on any atom is 0.401 e. The van der Waals surface area contributed by atoms with Crippen LogP contribution in [0.5, 0.6) is 0 Å². The molecule has 0 aliphatic carbocycles. The Morgan fingerprint density at radius 1 is 1.17 bits per heavy atom. The minimum absolute atomic E-state index is 0.157. The van der Waals surface area contributed by atoms with Crippen molar-refractivity contribution in [2.45, 2.75) is 38.4 Å². The zero-order valence-corrected chi connectivity index (χ0v) is 10.2. The van der Waals surface area contributed by atoms with Crippen LogP contribution < -0.4 is 10.6 Å². The fourth-order valence-electron chi connectivity index (χ4n) is 1.41. The summed E-state index contributed by atoms with van der Waals surface area (Å²) in [5.41, 5.74) is -1.42. The first kappa shape index (κ1) is 16.7. The summed E-state index contributed by atoms with van der Waals surface area (Å²) >= 11 is 0. The molecule has 0 atom stereocenters. The molecule has 0 spiro atoms. The van der Waals surface area contributed by atoms with Crippen LogP contribution in [0.3, 0.4) is 0 Å². The van der Waals surface area contributed by atoms with Crippen molar-refractivity contribution in [2.75, 3.05) is 13.1 Å². The molecule has 18 heavy (non-hydrogen) atoms.